The van der Waals surface area contributed by atoms with Crippen molar-refractivity contribution >= 4 is 17.2 Å². The van der Waals surface area contributed by atoms with E-state index in [2.05, 4.69) is 20.3 Å². The van der Waals surface area contributed by atoms with Crippen LogP contribution in [0.3, 0.4) is 0 Å². The number of aryl methyl sites for hydroxylation is 1. The Morgan fingerprint density at radius 3 is 2.59 bits per heavy atom. The van der Waals surface area contributed by atoms with Crippen molar-refractivity contribution in [1.29, 1.82) is 0 Å². The topological polar surface area (TPSA) is 93.8 Å². The average molecular weight is 319 g/mol. The van der Waals surface area contributed by atoms with Crippen molar-refractivity contribution < 1.29 is 4.79 Å². The fraction of sp³-hybridized carbons (Fsp3) is 0.467. The summed E-state index contributed by atoms with van der Waals surface area (Å²) in [5.74, 6) is 0.602. The van der Waals surface area contributed by atoms with E-state index >= 15 is 0 Å². The van der Waals surface area contributed by atoms with E-state index in [-0.39, 0.29) is 11.8 Å². The maximum absolute atomic E-state index is 12.6. The molecule has 0 saturated carbocycles. The summed E-state index contributed by atoms with van der Waals surface area (Å²) in [6.45, 7) is 8.22. The van der Waals surface area contributed by atoms with E-state index in [1.807, 2.05) is 27.7 Å². The molecular weight excluding hydrogens is 298 g/mol. The fourth-order valence-corrected chi connectivity index (χ4v) is 2.77. The van der Waals surface area contributed by atoms with Gasteiger partial charge in [-0.05, 0) is 25.8 Å². The number of nitrogens with one attached hydrogen (secondary N) is 1. The largest absolute Gasteiger partial charge is 0.345 e. The van der Waals surface area contributed by atoms with Gasteiger partial charge in [-0.1, -0.05) is 13.8 Å². The number of hydrogen-bond donors (Lipinski definition) is 2. The Morgan fingerprint density at radius 1 is 1.41 bits per heavy atom. The Hall–Kier alpha value is -1.86. The molecule has 1 atom stereocenters. The number of carbonyl (C=O) groups excluding carboxylic acids is 1. The van der Waals surface area contributed by atoms with Crippen molar-refractivity contribution in [2.24, 2.45) is 11.7 Å². The van der Waals surface area contributed by atoms with Crippen molar-refractivity contribution in [2.45, 2.75) is 33.2 Å². The first kappa shape index (κ1) is 16.5. The summed E-state index contributed by atoms with van der Waals surface area (Å²) in [6, 6.07) is 1.74. The molecule has 2 heterocycles. The third kappa shape index (κ3) is 3.31. The standard InChI is InChI=1S/C15H21N5OS/c1-9(2)15(4,8-16)20-13(21)11-10(3)19-14(22-11)12-17-6-5-7-18-12/h5-7,9H,8,16H2,1-4H3,(H,20,21). The Bertz CT molecular complexity index is 655. The molecule has 6 nitrogen and oxygen atoms in total. The molecule has 118 valence electrons. The van der Waals surface area contributed by atoms with Gasteiger partial charge >= 0.3 is 0 Å². The van der Waals surface area contributed by atoms with Crippen LogP contribution in [0.15, 0.2) is 18.5 Å². The van der Waals surface area contributed by atoms with Gasteiger partial charge in [-0.2, -0.15) is 0 Å². The summed E-state index contributed by atoms with van der Waals surface area (Å²) in [7, 11) is 0. The van der Waals surface area contributed by atoms with E-state index in [0.29, 0.717) is 27.9 Å². The highest BCUT2D eigenvalue weighted by Gasteiger charge is 2.30. The van der Waals surface area contributed by atoms with E-state index in [4.69, 9.17) is 5.73 Å². The lowest BCUT2D eigenvalue weighted by Crippen LogP contribution is -2.54. The molecule has 7 heteroatoms. The van der Waals surface area contributed by atoms with Crippen LogP contribution < -0.4 is 11.1 Å². The second kappa shape index (κ2) is 6.50. The predicted octanol–water partition coefficient (Wildman–Crippen LogP) is 2.01. The van der Waals surface area contributed by atoms with Crippen LogP contribution >= 0.6 is 11.3 Å². The third-order valence-corrected chi connectivity index (χ3v) is 5.01. The molecule has 3 N–H and O–H groups in total. The minimum atomic E-state index is -0.447. The smallest absolute Gasteiger partial charge is 0.263 e. The van der Waals surface area contributed by atoms with Crippen molar-refractivity contribution in [3.8, 4) is 10.8 Å². The van der Waals surface area contributed by atoms with Gasteiger partial charge < -0.3 is 11.1 Å². The molecule has 0 saturated heterocycles. The van der Waals surface area contributed by atoms with Crippen LogP contribution in [0.5, 0.6) is 0 Å². The monoisotopic (exact) mass is 319 g/mol. The number of nitrogens with two attached hydrogens (primary N) is 1. The molecule has 0 bridgehead atoms. The summed E-state index contributed by atoms with van der Waals surface area (Å²) < 4.78 is 0. The lowest BCUT2D eigenvalue weighted by atomic mass is 9.88. The number of nitrogens with zero attached hydrogens (tertiary/aromatic N) is 3. The first-order valence-electron chi connectivity index (χ1n) is 7.15. The SMILES string of the molecule is Cc1nc(-c2ncccn2)sc1C(=O)NC(C)(CN)C(C)C. The van der Waals surface area contributed by atoms with E-state index in [0.717, 1.165) is 0 Å². The summed E-state index contributed by atoms with van der Waals surface area (Å²) in [5.41, 5.74) is 6.05. The summed E-state index contributed by atoms with van der Waals surface area (Å²) in [6.07, 6.45) is 3.31. The fourth-order valence-electron chi connectivity index (χ4n) is 1.86. The normalized spacial score (nSPS) is 13.9. The lowest BCUT2D eigenvalue weighted by molar-refractivity contribution is 0.0886. The van der Waals surface area contributed by atoms with Crippen LogP contribution in [0.2, 0.25) is 0 Å². The maximum Gasteiger partial charge on any atom is 0.263 e. The molecule has 2 aromatic rings. The molecule has 22 heavy (non-hydrogen) atoms. The maximum atomic E-state index is 12.6. The lowest BCUT2D eigenvalue weighted by Gasteiger charge is -2.33. The van der Waals surface area contributed by atoms with Gasteiger partial charge in [0.05, 0.1) is 11.2 Å². The molecule has 0 radical (unpaired) electrons. The highest BCUT2D eigenvalue weighted by Crippen LogP contribution is 2.26. The molecule has 0 aliphatic heterocycles. The van der Waals surface area contributed by atoms with Gasteiger partial charge in [-0.25, -0.2) is 15.0 Å². The molecule has 2 rings (SSSR count). The molecule has 1 amide bonds. The molecule has 0 aliphatic rings. The number of rotatable bonds is 5. The van der Waals surface area contributed by atoms with Crippen LogP contribution in [0, 0.1) is 12.8 Å². The van der Waals surface area contributed by atoms with Gasteiger partial charge in [0.15, 0.2) is 10.8 Å². The number of thiazole rings is 1. The van der Waals surface area contributed by atoms with E-state index in [1.54, 1.807) is 18.5 Å². The molecule has 1 unspecified atom stereocenters. The highest BCUT2D eigenvalue weighted by atomic mass is 32.1. The summed E-state index contributed by atoms with van der Waals surface area (Å²) in [4.78, 5) is 25.9. The van der Waals surface area contributed by atoms with E-state index in [9.17, 15) is 4.79 Å². The number of hydrogen-bond acceptors (Lipinski definition) is 6. The zero-order valence-electron chi connectivity index (χ0n) is 13.3. The Morgan fingerprint density at radius 2 is 2.05 bits per heavy atom. The zero-order chi connectivity index (χ0) is 16.3. The number of carbonyl (C=O) groups is 1. The van der Waals surface area contributed by atoms with Crippen molar-refractivity contribution in [2.75, 3.05) is 6.54 Å². The van der Waals surface area contributed by atoms with Crippen LogP contribution in [-0.2, 0) is 0 Å². The van der Waals surface area contributed by atoms with Crippen molar-refractivity contribution in [1.82, 2.24) is 20.3 Å². The van der Waals surface area contributed by atoms with Gasteiger partial charge in [0.1, 0.15) is 4.88 Å². The zero-order valence-corrected chi connectivity index (χ0v) is 14.1. The van der Waals surface area contributed by atoms with Crippen LogP contribution in [0.1, 0.15) is 36.1 Å². The molecule has 2 aromatic heterocycles. The molecule has 0 spiro atoms. The second-order valence-electron chi connectivity index (χ2n) is 5.74. The van der Waals surface area contributed by atoms with Crippen molar-refractivity contribution in [3.05, 3.63) is 29.0 Å². The summed E-state index contributed by atoms with van der Waals surface area (Å²) >= 11 is 1.29. The van der Waals surface area contributed by atoms with Crippen LogP contribution in [0.25, 0.3) is 10.8 Å². The van der Waals surface area contributed by atoms with Gasteiger partial charge in [-0.3, -0.25) is 4.79 Å². The molecule has 0 fully saturated rings. The average Bonchev–Trinajstić information content (AvgIpc) is 2.90. The third-order valence-electron chi connectivity index (χ3n) is 3.86. The first-order chi connectivity index (χ1) is 10.4. The molecule has 0 aliphatic carbocycles. The predicted molar refractivity (Wildman–Crippen MR) is 87.6 cm³/mol. The minimum Gasteiger partial charge on any atom is -0.345 e. The second-order valence-corrected chi connectivity index (χ2v) is 6.74. The molecule has 0 aromatic carbocycles. The van der Waals surface area contributed by atoms with E-state index in [1.165, 1.54) is 11.3 Å². The Labute approximate surface area is 134 Å². The minimum absolute atomic E-state index is 0.154. The Balaban J connectivity index is 2.26. The van der Waals surface area contributed by atoms with Crippen LogP contribution in [0.4, 0.5) is 0 Å². The first-order valence-corrected chi connectivity index (χ1v) is 7.96. The number of aromatic nitrogens is 3. The van der Waals surface area contributed by atoms with Gasteiger partial charge in [0.25, 0.3) is 5.91 Å². The highest BCUT2D eigenvalue weighted by molar-refractivity contribution is 7.17. The van der Waals surface area contributed by atoms with Gasteiger partial charge in [-0.15, -0.1) is 11.3 Å². The summed E-state index contributed by atoms with van der Waals surface area (Å²) in [5, 5.41) is 3.67. The Kier molecular flexibility index (Phi) is 4.87. The van der Waals surface area contributed by atoms with E-state index < -0.39 is 5.54 Å². The van der Waals surface area contributed by atoms with Crippen LogP contribution in [-0.4, -0.2) is 32.9 Å². The van der Waals surface area contributed by atoms with Gasteiger partial charge in [0.2, 0.25) is 0 Å². The number of amides is 1. The molecular formula is C15H21N5OS. The van der Waals surface area contributed by atoms with Crippen molar-refractivity contribution in [3.63, 3.8) is 0 Å². The van der Waals surface area contributed by atoms with Gasteiger partial charge in [0, 0.05) is 18.9 Å². The quantitative estimate of drug-likeness (QED) is 0.879.